The lowest BCUT2D eigenvalue weighted by Crippen LogP contribution is -2.54. The molecule has 0 aromatic carbocycles. The molecule has 0 bridgehead atoms. The number of nitrogens with zero attached hydrogens (tertiary/aromatic N) is 1. The molecule has 2 rings (SSSR count). The van der Waals surface area contributed by atoms with Gasteiger partial charge in [0, 0.05) is 6.54 Å². The molecule has 1 aliphatic carbocycles. The van der Waals surface area contributed by atoms with Gasteiger partial charge in [-0.1, -0.05) is 12.2 Å². The maximum Gasteiger partial charge on any atom is 0.410 e. The first-order chi connectivity index (χ1) is 9.56. The molecule has 1 aliphatic heterocycles. The number of amides is 1. The summed E-state index contributed by atoms with van der Waals surface area (Å²) in [5, 5.41) is 0. The number of hydrogen-bond acceptors (Lipinski definition) is 4. The number of allylic oxidation sites excluding steroid dienone is 1. The maximum absolute atomic E-state index is 12.1. The number of methoxy groups -OCH3 is 1. The highest BCUT2D eigenvalue weighted by Gasteiger charge is 2.43. The second-order valence-electron chi connectivity index (χ2n) is 5.64. The molecule has 20 heavy (non-hydrogen) atoms. The summed E-state index contributed by atoms with van der Waals surface area (Å²) < 4.78 is 9.91. The van der Waals surface area contributed by atoms with E-state index in [0.717, 1.165) is 19.3 Å². The molecule has 0 radical (unpaired) electrons. The Hall–Kier alpha value is -1.52. The van der Waals surface area contributed by atoms with Crippen molar-refractivity contribution in [2.24, 2.45) is 11.8 Å². The smallest absolute Gasteiger partial charge is 0.410 e. The van der Waals surface area contributed by atoms with Crippen LogP contribution in [0.25, 0.3) is 0 Å². The summed E-state index contributed by atoms with van der Waals surface area (Å²) in [6.45, 7) is 6.73. The van der Waals surface area contributed by atoms with Crippen LogP contribution in [-0.4, -0.2) is 43.3 Å². The molecular formula is C15H23NO4. The highest BCUT2D eigenvalue weighted by Crippen LogP contribution is 2.40. The van der Waals surface area contributed by atoms with Gasteiger partial charge in [0.05, 0.1) is 13.7 Å². The van der Waals surface area contributed by atoms with E-state index >= 15 is 0 Å². The number of rotatable bonds is 2. The molecule has 1 saturated carbocycles. The van der Waals surface area contributed by atoms with Gasteiger partial charge < -0.3 is 9.47 Å². The van der Waals surface area contributed by atoms with Gasteiger partial charge in [0.25, 0.3) is 0 Å². The second-order valence-corrected chi connectivity index (χ2v) is 5.64. The Morgan fingerprint density at radius 1 is 1.40 bits per heavy atom. The molecule has 1 amide bonds. The van der Waals surface area contributed by atoms with Crippen LogP contribution in [0.1, 0.15) is 32.6 Å². The average Bonchev–Trinajstić information content (AvgIpc) is 2.45. The van der Waals surface area contributed by atoms with E-state index in [-0.39, 0.29) is 5.97 Å². The van der Waals surface area contributed by atoms with Crippen molar-refractivity contribution in [3.05, 3.63) is 12.2 Å². The normalized spacial score (nSPS) is 29.6. The quantitative estimate of drug-likeness (QED) is 0.576. The van der Waals surface area contributed by atoms with E-state index in [1.54, 1.807) is 6.92 Å². The van der Waals surface area contributed by atoms with Crippen LogP contribution in [0.3, 0.4) is 0 Å². The van der Waals surface area contributed by atoms with Gasteiger partial charge >= 0.3 is 12.1 Å². The molecule has 0 aromatic heterocycles. The Morgan fingerprint density at radius 3 is 2.80 bits per heavy atom. The van der Waals surface area contributed by atoms with E-state index in [0.29, 0.717) is 31.4 Å². The summed E-state index contributed by atoms with van der Waals surface area (Å²) in [7, 11) is 1.35. The first-order valence-electron chi connectivity index (χ1n) is 7.24. The van der Waals surface area contributed by atoms with Gasteiger partial charge in [-0.3, -0.25) is 4.90 Å². The Morgan fingerprint density at radius 2 is 2.15 bits per heavy atom. The lowest BCUT2D eigenvalue weighted by molar-refractivity contribution is -0.152. The molecular weight excluding hydrogens is 258 g/mol. The topological polar surface area (TPSA) is 55.8 Å². The fourth-order valence-corrected chi connectivity index (χ4v) is 3.36. The highest BCUT2D eigenvalue weighted by molar-refractivity contribution is 5.81. The number of carbonyl (C=O) groups is 2. The van der Waals surface area contributed by atoms with E-state index in [2.05, 4.69) is 6.58 Å². The van der Waals surface area contributed by atoms with E-state index < -0.39 is 12.1 Å². The number of fused-ring (bicyclic) bond motifs is 1. The Labute approximate surface area is 119 Å². The minimum atomic E-state index is -0.519. The van der Waals surface area contributed by atoms with Crippen LogP contribution in [0.2, 0.25) is 0 Å². The zero-order valence-corrected chi connectivity index (χ0v) is 12.3. The Balaban J connectivity index is 2.15. The van der Waals surface area contributed by atoms with Crippen molar-refractivity contribution in [2.75, 3.05) is 20.3 Å². The van der Waals surface area contributed by atoms with Gasteiger partial charge in [0.1, 0.15) is 6.04 Å². The van der Waals surface area contributed by atoms with Gasteiger partial charge in [-0.05, 0) is 44.4 Å². The molecule has 0 unspecified atom stereocenters. The summed E-state index contributed by atoms with van der Waals surface area (Å²) in [6, 6.07) is -0.519. The summed E-state index contributed by atoms with van der Waals surface area (Å²) in [6.07, 6.45) is 3.21. The van der Waals surface area contributed by atoms with Gasteiger partial charge in [-0.15, -0.1) is 0 Å². The van der Waals surface area contributed by atoms with E-state index in [4.69, 9.17) is 9.47 Å². The minimum absolute atomic E-state index is 0.325. The fraction of sp³-hybridized carbons (Fsp3) is 0.733. The molecule has 1 heterocycles. The van der Waals surface area contributed by atoms with Crippen molar-refractivity contribution in [1.29, 1.82) is 0 Å². The number of piperidine rings is 1. The third kappa shape index (κ3) is 2.97. The van der Waals surface area contributed by atoms with Gasteiger partial charge in [-0.2, -0.15) is 0 Å². The van der Waals surface area contributed by atoms with Crippen molar-refractivity contribution in [3.63, 3.8) is 0 Å². The summed E-state index contributed by atoms with van der Waals surface area (Å²) in [4.78, 5) is 25.5. The minimum Gasteiger partial charge on any atom is -0.464 e. The summed E-state index contributed by atoms with van der Waals surface area (Å²) in [5.74, 6) is 0.532. The van der Waals surface area contributed by atoms with Crippen LogP contribution < -0.4 is 0 Å². The van der Waals surface area contributed by atoms with Crippen molar-refractivity contribution in [2.45, 2.75) is 38.6 Å². The first kappa shape index (κ1) is 14.9. The maximum atomic E-state index is 12.1. The first-order valence-corrected chi connectivity index (χ1v) is 7.24. The summed E-state index contributed by atoms with van der Waals surface area (Å²) in [5.41, 5.74) is 1.25. The Kier molecular flexibility index (Phi) is 4.68. The molecule has 112 valence electrons. The summed E-state index contributed by atoms with van der Waals surface area (Å²) >= 11 is 0. The number of hydrogen-bond donors (Lipinski definition) is 0. The lowest BCUT2D eigenvalue weighted by Gasteiger charge is -2.44. The molecule has 0 N–H and O–H groups in total. The third-order valence-electron chi connectivity index (χ3n) is 4.39. The molecule has 1 saturated heterocycles. The molecule has 5 heteroatoms. The zero-order valence-electron chi connectivity index (χ0n) is 12.3. The molecule has 0 aromatic rings. The molecule has 3 atom stereocenters. The molecule has 5 nitrogen and oxygen atoms in total. The third-order valence-corrected chi connectivity index (χ3v) is 4.39. The van der Waals surface area contributed by atoms with Crippen LogP contribution in [0.15, 0.2) is 12.2 Å². The van der Waals surface area contributed by atoms with Gasteiger partial charge in [0.2, 0.25) is 0 Å². The van der Waals surface area contributed by atoms with Gasteiger partial charge in [-0.25, -0.2) is 9.59 Å². The van der Waals surface area contributed by atoms with E-state index in [1.807, 2.05) is 0 Å². The zero-order chi connectivity index (χ0) is 14.7. The molecule has 2 fully saturated rings. The monoisotopic (exact) mass is 281 g/mol. The largest absolute Gasteiger partial charge is 0.464 e. The van der Waals surface area contributed by atoms with Crippen molar-refractivity contribution in [3.8, 4) is 0 Å². The van der Waals surface area contributed by atoms with Crippen molar-refractivity contribution in [1.82, 2.24) is 4.90 Å². The number of likely N-dealkylation sites (tertiary alicyclic amines) is 1. The second kappa shape index (κ2) is 6.29. The van der Waals surface area contributed by atoms with Crippen LogP contribution >= 0.6 is 0 Å². The standard InChI is InChI=1S/C15H23NO4/c1-4-20-14(17)13-8-12-7-10(2)5-6-11(12)9-16(13)15(18)19-3/h11-13H,2,4-9H2,1,3H3/t11-,12+,13-/m1/s1. The number of ether oxygens (including phenoxy) is 2. The highest BCUT2D eigenvalue weighted by atomic mass is 16.6. The van der Waals surface area contributed by atoms with Crippen LogP contribution in [0, 0.1) is 11.8 Å². The predicted octanol–water partition coefficient (Wildman–Crippen LogP) is 2.36. The molecule has 2 aliphatic rings. The Bertz CT molecular complexity index is 407. The van der Waals surface area contributed by atoms with Gasteiger partial charge in [0.15, 0.2) is 0 Å². The number of carbonyl (C=O) groups excluding carboxylic acids is 2. The molecule has 0 spiro atoms. The van der Waals surface area contributed by atoms with Crippen LogP contribution in [0.5, 0.6) is 0 Å². The van der Waals surface area contributed by atoms with E-state index in [9.17, 15) is 9.59 Å². The number of esters is 1. The average molecular weight is 281 g/mol. The predicted molar refractivity (Wildman–Crippen MR) is 74.1 cm³/mol. The fourth-order valence-electron chi connectivity index (χ4n) is 3.36. The van der Waals surface area contributed by atoms with Crippen molar-refractivity contribution >= 4 is 12.1 Å². The van der Waals surface area contributed by atoms with Crippen LogP contribution in [-0.2, 0) is 14.3 Å². The van der Waals surface area contributed by atoms with Crippen LogP contribution in [0.4, 0.5) is 4.79 Å². The lowest BCUT2D eigenvalue weighted by atomic mass is 9.71. The van der Waals surface area contributed by atoms with E-state index in [1.165, 1.54) is 17.6 Å². The van der Waals surface area contributed by atoms with Crippen molar-refractivity contribution < 1.29 is 19.1 Å². The SMILES string of the molecule is C=C1CC[C@@H]2CN(C(=O)OC)[C@@H](C(=O)OCC)C[C@@H]2C1.